The normalized spacial score (nSPS) is 10.1. The van der Waals surface area contributed by atoms with Gasteiger partial charge in [0.05, 0.1) is 11.1 Å². The molecule has 0 radical (unpaired) electrons. The first-order chi connectivity index (χ1) is 10.9. The minimum absolute atomic E-state index is 0.211. The number of hydrogen-bond donors (Lipinski definition) is 3. The van der Waals surface area contributed by atoms with Crippen molar-refractivity contribution in [3.8, 4) is 11.5 Å². The lowest BCUT2D eigenvalue weighted by atomic mass is 10.1. The molecule has 0 saturated carbocycles. The van der Waals surface area contributed by atoms with Crippen molar-refractivity contribution in [3.63, 3.8) is 0 Å². The summed E-state index contributed by atoms with van der Waals surface area (Å²) in [5.74, 6) is -4.11. The molecule has 0 bridgehead atoms. The van der Waals surface area contributed by atoms with Crippen molar-refractivity contribution in [2.24, 2.45) is 0 Å². The molecule has 2 aromatic carbocycles. The second kappa shape index (κ2) is 6.61. The van der Waals surface area contributed by atoms with Crippen LogP contribution in [0.3, 0.4) is 0 Å². The number of imide groups is 1. The van der Waals surface area contributed by atoms with Crippen LogP contribution in [-0.4, -0.2) is 44.5 Å². The highest BCUT2D eigenvalue weighted by Crippen LogP contribution is 2.22. The molecule has 118 valence electrons. The van der Waals surface area contributed by atoms with Crippen LogP contribution in [0, 0.1) is 0 Å². The van der Waals surface area contributed by atoms with Gasteiger partial charge in [0.2, 0.25) is 0 Å². The molecule has 2 rings (SSSR count). The number of carboxylic acids is 1. The summed E-state index contributed by atoms with van der Waals surface area (Å²) in [5.41, 5.74) is -0.421. The van der Waals surface area contributed by atoms with Gasteiger partial charge in [0.1, 0.15) is 18.0 Å². The Kier molecular flexibility index (Phi) is 4.61. The van der Waals surface area contributed by atoms with Crippen molar-refractivity contribution in [3.05, 3.63) is 59.7 Å². The van der Waals surface area contributed by atoms with Crippen molar-refractivity contribution < 1.29 is 29.7 Å². The highest BCUT2D eigenvalue weighted by molar-refractivity contribution is 6.13. The van der Waals surface area contributed by atoms with Gasteiger partial charge >= 0.3 is 5.97 Å². The zero-order chi connectivity index (χ0) is 17.0. The number of aromatic hydroxyl groups is 2. The number of rotatable bonds is 4. The summed E-state index contributed by atoms with van der Waals surface area (Å²) in [7, 11) is 0. The van der Waals surface area contributed by atoms with E-state index in [4.69, 9.17) is 5.11 Å². The number of aliphatic carboxylic acids is 1. The van der Waals surface area contributed by atoms with Crippen LogP contribution in [0.15, 0.2) is 48.5 Å². The zero-order valence-electron chi connectivity index (χ0n) is 11.8. The Morgan fingerprint density at radius 1 is 0.783 bits per heavy atom. The molecule has 2 amide bonds. The third kappa shape index (κ3) is 3.46. The van der Waals surface area contributed by atoms with Gasteiger partial charge in [-0.2, -0.15) is 0 Å². The van der Waals surface area contributed by atoms with E-state index in [1.165, 1.54) is 48.5 Å². The number of phenolic OH excluding ortho intramolecular Hbond substituents is 2. The fraction of sp³-hybridized carbons (Fsp3) is 0.0625. The number of carbonyl (C=O) groups excluding carboxylic acids is 2. The standard InChI is InChI=1S/C16H13NO6/c18-12-7-3-1-5-10(12)15(22)17(9-14(20)21)16(23)11-6-2-4-8-13(11)19/h1-8,18-19H,9H2,(H,20,21). The summed E-state index contributed by atoms with van der Waals surface area (Å²) >= 11 is 0. The minimum atomic E-state index is -1.41. The highest BCUT2D eigenvalue weighted by Gasteiger charge is 2.29. The number of amides is 2. The van der Waals surface area contributed by atoms with Gasteiger partial charge in [0.25, 0.3) is 11.8 Å². The smallest absolute Gasteiger partial charge is 0.323 e. The van der Waals surface area contributed by atoms with Gasteiger partial charge in [0, 0.05) is 0 Å². The van der Waals surface area contributed by atoms with Gasteiger partial charge in [-0.25, -0.2) is 0 Å². The number of para-hydroxylation sites is 2. The monoisotopic (exact) mass is 315 g/mol. The average Bonchev–Trinajstić information content (AvgIpc) is 2.52. The summed E-state index contributed by atoms with van der Waals surface area (Å²) in [5, 5.41) is 28.4. The quantitative estimate of drug-likeness (QED) is 0.736. The zero-order valence-corrected chi connectivity index (χ0v) is 11.8. The molecule has 0 atom stereocenters. The Hall–Kier alpha value is -3.35. The molecular weight excluding hydrogens is 302 g/mol. The van der Waals surface area contributed by atoms with Gasteiger partial charge in [0.15, 0.2) is 0 Å². The minimum Gasteiger partial charge on any atom is -0.507 e. The molecule has 7 heteroatoms. The molecule has 23 heavy (non-hydrogen) atoms. The average molecular weight is 315 g/mol. The first kappa shape index (κ1) is 16.0. The fourth-order valence-corrected chi connectivity index (χ4v) is 1.97. The fourth-order valence-electron chi connectivity index (χ4n) is 1.97. The molecule has 0 aliphatic carbocycles. The first-order valence-corrected chi connectivity index (χ1v) is 6.55. The summed E-state index contributed by atoms with van der Waals surface area (Å²) in [4.78, 5) is 36.3. The number of carboxylic acid groups (broad SMARTS) is 1. The summed E-state index contributed by atoms with van der Waals surface area (Å²) in [6, 6.07) is 10.9. The molecule has 0 aromatic heterocycles. The van der Waals surface area contributed by atoms with E-state index in [1.807, 2.05) is 0 Å². The maximum absolute atomic E-state index is 12.4. The molecule has 0 aliphatic heterocycles. The molecule has 0 saturated heterocycles. The van der Waals surface area contributed by atoms with E-state index < -0.39 is 24.3 Å². The molecule has 2 aromatic rings. The van der Waals surface area contributed by atoms with Gasteiger partial charge in [-0.15, -0.1) is 0 Å². The van der Waals surface area contributed by atoms with E-state index in [1.54, 1.807) is 0 Å². The van der Waals surface area contributed by atoms with Gasteiger partial charge in [-0.1, -0.05) is 24.3 Å². The van der Waals surface area contributed by atoms with Gasteiger partial charge in [-0.05, 0) is 24.3 Å². The van der Waals surface area contributed by atoms with Crippen molar-refractivity contribution in [1.29, 1.82) is 0 Å². The Bertz CT molecular complexity index is 713. The van der Waals surface area contributed by atoms with E-state index in [9.17, 15) is 24.6 Å². The van der Waals surface area contributed by atoms with Gasteiger partial charge < -0.3 is 15.3 Å². The van der Waals surface area contributed by atoms with E-state index in [0.717, 1.165) is 0 Å². The van der Waals surface area contributed by atoms with Crippen LogP contribution in [0.25, 0.3) is 0 Å². The van der Waals surface area contributed by atoms with E-state index in [-0.39, 0.29) is 22.6 Å². The van der Waals surface area contributed by atoms with Crippen LogP contribution in [0.2, 0.25) is 0 Å². The number of hydrogen-bond acceptors (Lipinski definition) is 5. The maximum Gasteiger partial charge on any atom is 0.323 e. The number of carbonyl (C=O) groups is 3. The molecule has 0 unspecified atom stereocenters. The largest absolute Gasteiger partial charge is 0.507 e. The Morgan fingerprint density at radius 3 is 1.52 bits per heavy atom. The lowest BCUT2D eigenvalue weighted by molar-refractivity contribution is -0.137. The second-order valence-electron chi connectivity index (χ2n) is 4.62. The molecule has 3 N–H and O–H groups in total. The van der Waals surface area contributed by atoms with Crippen LogP contribution in [0.1, 0.15) is 20.7 Å². The van der Waals surface area contributed by atoms with E-state index >= 15 is 0 Å². The predicted molar refractivity (Wildman–Crippen MR) is 79.2 cm³/mol. The van der Waals surface area contributed by atoms with E-state index in [2.05, 4.69) is 0 Å². The molecule has 7 nitrogen and oxygen atoms in total. The third-order valence-electron chi connectivity index (χ3n) is 3.05. The summed E-state index contributed by atoms with van der Waals surface area (Å²) in [6.45, 7) is -0.902. The molecule has 0 aliphatic rings. The van der Waals surface area contributed by atoms with Crippen molar-refractivity contribution in [1.82, 2.24) is 4.90 Å². The predicted octanol–water partition coefficient (Wildman–Crippen LogP) is 1.46. The van der Waals surface area contributed by atoms with Crippen molar-refractivity contribution in [2.75, 3.05) is 6.54 Å². The van der Waals surface area contributed by atoms with Crippen LogP contribution in [-0.2, 0) is 4.79 Å². The Labute approximate surface area is 131 Å². The maximum atomic E-state index is 12.4. The highest BCUT2D eigenvalue weighted by atomic mass is 16.4. The number of benzene rings is 2. The van der Waals surface area contributed by atoms with Crippen LogP contribution in [0.4, 0.5) is 0 Å². The van der Waals surface area contributed by atoms with Crippen molar-refractivity contribution >= 4 is 17.8 Å². The Balaban J connectivity index is 2.43. The number of phenols is 2. The topological polar surface area (TPSA) is 115 Å². The van der Waals surface area contributed by atoms with E-state index in [0.29, 0.717) is 4.90 Å². The van der Waals surface area contributed by atoms with Crippen LogP contribution >= 0.6 is 0 Å². The third-order valence-corrected chi connectivity index (χ3v) is 3.05. The lowest BCUT2D eigenvalue weighted by Crippen LogP contribution is -2.40. The SMILES string of the molecule is O=C(O)CN(C(=O)c1ccccc1O)C(=O)c1ccccc1O. The number of nitrogens with zero attached hydrogens (tertiary/aromatic N) is 1. The molecular formula is C16H13NO6. The summed E-state index contributed by atoms with van der Waals surface area (Å²) < 4.78 is 0. The molecule has 0 heterocycles. The molecule has 0 fully saturated rings. The second-order valence-corrected chi connectivity index (χ2v) is 4.62. The van der Waals surface area contributed by atoms with Crippen LogP contribution < -0.4 is 0 Å². The van der Waals surface area contributed by atoms with Gasteiger partial charge in [-0.3, -0.25) is 19.3 Å². The Morgan fingerprint density at radius 2 is 1.17 bits per heavy atom. The lowest BCUT2D eigenvalue weighted by Gasteiger charge is -2.20. The van der Waals surface area contributed by atoms with Crippen molar-refractivity contribution in [2.45, 2.75) is 0 Å². The molecule has 0 spiro atoms. The first-order valence-electron chi connectivity index (χ1n) is 6.55. The van der Waals surface area contributed by atoms with Crippen LogP contribution in [0.5, 0.6) is 11.5 Å². The summed E-state index contributed by atoms with van der Waals surface area (Å²) in [6.07, 6.45) is 0.